The molecule has 1 aliphatic heterocycles. The fraction of sp³-hybridized carbons (Fsp3) is 0.353. The number of imidazole rings is 2. The standard InChI is InChI=1S/C17H19N5O/c1-12-19-11-15-9-13(4-7-22(12)15)17(23)20-10-14-3-2-6-21-8-5-18-16(14)21/h2-3,5-6,8,11,13H,4,7,9-10H2,1H3,(H,20,23). The van der Waals surface area contributed by atoms with E-state index in [0.29, 0.717) is 6.54 Å². The van der Waals surface area contributed by atoms with E-state index in [1.54, 1.807) is 6.20 Å². The van der Waals surface area contributed by atoms with Gasteiger partial charge in [0.15, 0.2) is 0 Å². The van der Waals surface area contributed by atoms with Crippen LogP contribution < -0.4 is 5.32 Å². The molecule has 118 valence electrons. The van der Waals surface area contributed by atoms with Crippen molar-refractivity contribution in [2.75, 3.05) is 0 Å². The fourth-order valence-corrected chi connectivity index (χ4v) is 3.32. The minimum absolute atomic E-state index is 0.0260. The Morgan fingerprint density at radius 3 is 3.22 bits per heavy atom. The third-order valence-electron chi connectivity index (χ3n) is 4.62. The van der Waals surface area contributed by atoms with Gasteiger partial charge in [0.2, 0.25) is 5.91 Å². The number of aromatic nitrogens is 4. The topological polar surface area (TPSA) is 64.2 Å². The number of amides is 1. The van der Waals surface area contributed by atoms with Crippen molar-refractivity contribution in [3.05, 3.63) is 54.0 Å². The smallest absolute Gasteiger partial charge is 0.223 e. The molecule has 6 nitrogen and oxygen atoms in total. The SMILES string of the molecule is Cc1ncc2n1CCC(C(=O)NCc1cccn3ccnc13)C2. The monoisotopic (exact) mass is 309 g/mol. The van der Waals surface area contributed by atoms with Gasteiger partial charge in [0.1, 0.15) is 11.5 Å². The molecule has 0 radical (unpaired) electrons. The number of carbonyl (C=O) groups excluding carboxylic acids is 1. The van der Waals surface area contributed by atoms with Gasteiger partial charge in [0.05, 0.1) is 0 Å². The summed E-state index contributed by atoms with van der Waals surface area (Å²) >= 11 is 0. The van der Waals surface area contributed by atoms with E-state index in [0.717, 1.165) is 42.1 Å². The van der Waals surface area contributed by atoms with Gasteiger partial charge in [-0.25, -0.2) is 9.97 Å². The van der Waals surface area contributed by atoms with Gasteiger partial charge < -0.3 is 14.3 Å². The number of hydrogen-bond acceptors (Lipinski definition) is 3. The van der Waals surface area contributed by atoms with E-state index < -0.39 is 0 Å². The molecule has 0 spiro atoms. The molecule has 23 heavy (non-hydrogen) atoms. The molecular weight excluding hydrogens is 290 g/mol. The second kappa shape index (κ2) is 5.53. The molecular formula is C17H19N5O. The average molecular weight is 309 g/mol. The summed E-state index contributed by atoms with van der Waals surface area (Å²) < 4.78 is 4.17. The molecule has 3 aromatic rings. The lowest BCUT2D eigenvalue weighted by atomic mass is 9.95. The van der Waals surface area contributed by atoms with Crippen LogP contribution in [0.2, 0.25) is 0 Å². The maximum atomic E-state index is 12.5. The van der Waals surface area contributed by atoms with Crippen molar-refractivity contribution in [3.63, 3.8) is 0 Å². The van der Waals surface area contributed by atoms with Crippen LogP contribution in [0.25, 0.3) is 5.65 Å². The Hall–Kier alpha value is -2.63. The lowest BCUT2D eigenvalue weighted by Gasteiger charge is -2.23. The molecule has 1 N–H and O–H groups in total. The number of nitrogens with zero attached hydrogens (tertiary/aromatic N) is 4. The number of pyridine rings is 1. The number of nitrogens with one attached hydrogen (secondary N) is 1. The van der Waals surface area contributed by atoms with E-state index in [2.05, 4.69) is 19.9 Å². The first kappa shape index (κ1) is 14.0. The summed E-state index contributed by atoms with van der Waals surface area (Å²) in [6, 6.07) is 3.97. The van der Waals surface area contributed by atoms with Gasteiger partial charge in [-0.05, 0) is 19.4 Å². The maximum absolute atomic E-state index is 12.5. The first-order valence-corrected chi connectivity index (χ1v) is 7.91. The summed E-state index contributed by atoms with van der Waals surface area (Å²) in [5.74, 6) is 1.17. The number of aryl methyl sites for hydroxylation is 1. The predicted molar refractivity (Wildman–Crippen MR) is 85.8 cm³/mol. The van der Waals surface area contributed by atoms with Crippen molar-refractivity contribution in [1.29, 1.82) is 0 Å². The summed E-state index contributed by atoms with van der Waals surface area (Å²) in [6.07, 6.45) is 9.15. The van der Waals surface area contributed by atoms with E-state index in [1.165, 1.54) is 0 Å². The van der Waals surface area contributed by atoms with Crippen molar-refractivity contribution >= 4 is 11.6 Å². The number of carbonyl (C=O) groups is 1. The highest BCUT2D eigenvalue weighted by molar-refractivity contribution is 5.79. The Bertz CT molecular complexity index is 863. The summed E-state index contributed by atoms with van der Waals surface area (Å²) in [5.41, 5.74) is 3.08. The highest BCUT2D eigenvalue weighted by atomic mass is 16.1. The Kier molecular flexibility index (Phi) is 3.37. The molecule has 0 bridgehead atoms. The third-order valence-corrected chi connectivity index (χ3v) is 4.62. The van der Waals surface area contributed by atoms with Crippen molar-refractivity contribution in [2.24, 2.45) is 5.92 Å². The molecule has 0 saturated heterocycles. The van der Waals surface area contributed by atoms with Crippen LogP contribution in [0.3, 0.4) is 0 Å². The van der Waals surface area contributed by atoms with Crippen LogP contribution in [0.4, 0.5) is 0 Å². The molecule has 3 aromatic heterocycles. The molecule has 4 heterocycles. The highest BCUT2D eigenvalue weighted by Crippen LogP contribution is 2.22. The summed E-state index contributed by atoms with van der Waals surface area (Å²) in [4.78, 5) is 21.2. The zero-order chi connectivity index (χ0) is 15.8. The van der Waals surface area contributed by atoms with Crippen molar-refractivity contribution in [2.45, 2.75) is 32.9 Å². The van der Waals surface area contributed by atoms with E-state index in [9.17, 15) is 4.79 Å². The fourth-order valence-electron chi connectivity index (χ4n) is 3.32. The third kappa shape index (κ3) is 2.50. The van der Waals surface area contributed by atoms with Crippen LogP contribution >= 0.6 is 0 Å². The van der Waals surface area contributed by atoms with Crippen LogP contribution in [-0.2, 0) is 24.3 Å². The van der Waals surface area contributed by atoms with Gasteiger partial charge in [-0.2, -0.15) is 0 Å². The lowest BCUT2D eigenvalue weighted by molar-refractivity contribution is -0.125. The quantitative estimate of drug-likeness (QED) is 0.801. The van der Waals surface area contributed by atoms with Crippen LogP contribution in [-0.4, -0.2) is 24.8 Å². The Labute approximate surface area is 134 Å². The van der Waals surface area contributed by atoms with Gasteiger partial charge in [0.25, 0.3) is 0 Å². The molecule has 0 aliphatic carbocycles. The second-order valence-electron chi connectivity index (χ2n) is 6.05. The molecule has 0 saturated carbocycles. The van der Waals surface area contributed by atoms with Gasteiger partial charge in [-0.3, -0.25) is 4.79 Å². The van der Waals surface area contributed by atoms with Gasteiger partial charge in [-0.1, -0.05) is 6.07 Å². The largest absolute Gasteiger partial charge is 0.352 e. The zero-order valence-corrected chi connectivity index (χ0v) is 13.1. The first-order chi connectivity index (χ1) is 11.2. The van der Waals surface area contributed by atoms with Crippen molar-refractivity contribution in [3.8, 4) is 0 Å². The number of fused-ring (bicyclic) bond motifs is 2. The van der Waals surface area contributed by atoms with Crippen LogP contribution in [0.5, 0.6) is 0 Å². The van der Waals surface area contributed by atoms with Gasteiger partial charge in [-0.15, -0.1) is 0 Å². The Morgan fingerprint density at radius 2 is 2.30 bits per heavy atom. The van der Waals surface area contributed by atoms with E-state index in [-0.39, 0.29) is 11.8 Å². The van der Waals surface area contributed by atoms with Gasteiger partial charge >= 0.3 is 0 Å². The molecule has 1 amide bonds. The lowest BCUT2D eigenvalue weighted by Crippen LogP contribution is -2.35. The molecule has 1 atom stereocenters. The van der Waals surface area contributed by atoms with Crippen LogP contribution in [0, 0.1) is 12.8 Å². The summed E-state index contributed by atoms with van der Waals surface area (Å²) in [6.45, 7) is 3.39. The molecule has 1 aliphatic rings. The maximum Gasteiger partial charge on any atom is 0.223 e. The molecule has 0 aromatic carbocycles. The molecule has 6 heteroatoms. The van der Waals surface area contributed by atoms with E-state index in [4.69, 9.17) is 0 Å². The highest BCUT2D eigenvalue weighted by Gasteiger charge is 2.25. The number of rotatable bonds is 3. The van der Waals surface area contributed by atoms with E-state index in [1.807, 2.05) is 42.0 Å². The Morgan fingerprint density at radius 1 is 1.39 bits per heavy atom. The second-order valence-corrected chi connectivity index (χ2v) is 6.05. The van der Waals surface area contributed by atoms with Crippen LogP contribution in [0.15, 0.2) is 36.9 Å². The first-order valence-electron chi connectivity index (χ1n) is 7.91. The Balaban J connectivity index is 1.44. The van der Waals surface area contributed by atoms with Crippen molar-refractivity contribution in [1.82, 2.24) is 24.3 Å². The molecule has 4 rings (SSSR count). The average Bonchev–Trinajstić information content (AvgIpc) is 3.19. The molecule has 0 fully saturated rings. The van der Waals surface area contributed by atoms with Crippen LogP contribution in [0.1, 0.15) is 23.5 Å². The number of hydrogen-bond donors (Lipinski definition) is 1. The summed E-state index contributed by atoms with van der Waals surface area (Å²) in [5, 5.41) is 3.07. The normalized spacial score (nSPS) is 17.2. The minimum Gasteiger partial charge on any atom is -0.352 e. The van der Waals surface area contributed by atoms with Crippen molar-refractivity contribution < 1.29 is 4.79 Å². The molecule has 1 unspecified atom stereocenters. The summed E-state index contributed by atoms with van der Waals surface area (Å²) in [7, 11) is 0. The van der Waals surface area contributed by atoms with Gasteiger partial charge in [0, 0.05) is 61.5 Å². The minimum atomic E-state index is 0.0260. The van der Waals surface area contributed by atoms with E-state index >= 15 is 0 Å². The predicted octanol–water partition coefficient (Wildman–Crippen LogP) is 1.72. The zero-order valence-electron chi connectivity index (χ0n) is 13.1.